The van der Waals surface area contributed by atoms with E-state index in [9.17, 15) is 4.79 Å². The molecule has 0 aliphatic rings. The number of halogens is 1. The topological polar surface area (TPSA) is 102 Å². The lowest BCUT2D eigenvalue weighted by Gasteiger charge is -2.03. The molecule has 1 aromatic carbocycles. The number of benzene rings is 1. The van der Waals surface area contributed by atoms with Crippen molar-refractivity contribution in [3.63, 3.8) is 0 Å². The van der Waals surface area contributed by atoms with Gasteiger partial charge in [-0.2, -0.15) is 4.98 Å². The molecule has 0 spiro atoms. The van der Waals surface area contributed by atoms with Crippen LogP contribution in [0.5, 0.6) is 0 Å². The highest BCUT2D eigenvalue weighted by Crippen LogP contribution is 2.20. The molecule has 1 aromatic heterocycles. The van der Waals surface area contributed by atoms with Crippen LogP contribution in [-0.2, 0) is 10.5 Å². The van der Waals surface area contributed by atoms with E-state index in [4.69, 9.17) is 27.0 Å². The third-order valence-corrected chi connectivity index (χ3v) is 3.71. The van der Waals surface area contributed by atoms with Crippen molar-refractivity contribution < 1.29 is 14.4 Å². The van der Waals surface area contributed by atoms with Crippen LogP contribution in [0.2, 0.25) is 5.02 Å². The Bertz CT molecular complexity index is 588. The van der Waals surface area contributed by atoms with E-state index in [2.05, 4.69) is 10.1 Å². The minimum Gasteiger partial charge on any atom is -0.480 e. The predicted octanol–water partition coefficient (Wildman–Crippen LogP) is 2.04. The molecule has 0 unspecified atom stereocenters. The molecule has 0 aliphatic carbocycles. The summed E-state index contributed by atoms with van der Waals surface area (Å²) in [6, 6.07) is 6.19. The van der Waals surface area contributed by atoms with E-state index in [0.717, 1.165) is 5.56 Å². The normalized spacial score (nSPS) is 12.3. The minimum atomic E-state index is -1.02. The number of aromatic nitrogens is 2. The quantitative estimate of drug-likeness (QED) is 0.841. The molecule has 2 rings (SSSR count). The van der Waals surface area contributed by atoms with Gasteiger partial charge in [0.15, 0.2) is 0 Å². The van der Waals surface area contributed by atoms with Crippen molar-refractivity contribution in [1.29, 1.82) is 0 Å². The number of nitrogens with zero attached hydrogens (tertiary/aromatic N) is 2. The summed E-state index contributed by atoms with van der Waals surface area (Å²) in [5.41, 5.74) is 6.19. The Kier molecular flexibility index (Phi) is 4.99. The van der Waals surface area contributed by atoms with Crippen molar-refractivity contribution in [3.05, 3.63) is 35.2 Å². The van der Waals surface area contributed by atoms with E-state index >= 15 is 0 Å². The van der Waals surface area contributed by atoms with Gasteiger partial charge in [0.1, 0.15) is 6.04 Å². The fourth-order valence-corrected chi connectivity index (χ4v) is 2.31. The molecule has 0 aliphatic heterocycles. The second kappa shape index (κ2) is 6.74. The maximum Gasteiger partial charge on any atom is 0.321 e. The van der Waals surface area contributed by atoms with E-state index in [1.165, 1.54) is 11.8 Å². The fraction of sp³-hybridized carbons (Fsp3) is 0.250. The summed E-state index contributed by atoms with van der Waals surface area (Å²) < 4.78 is 5.09. The zero-order chi connectivity index (χ0) is 14.5. The Labute approximate surface area is 124 Å². The second-order valence-corrected chi connectivity index (χ2v) is 5.45. The Hall–Kier alpha value is -1.57. The second-order valence-electron chi connectivity index (χ2n) is 3.98. The Balaban J connectivity index is 1.92. The summed E-state index contributed by atoms with van der Waals surface area (Å²) >= 11 is 7.13. The van der Waals surface area contributed by atoms with Crippen molar-refractivity contribution >= 4 is 29.3 Å². The minimum absolute atomic E-state index is 0.286. The van der Waals surface area contributed by atoms with Crippen LogP contribution in [0, 0.1) is 0 Å². The lowest BCUT2D eigenvalue weighted by molar-refractivity contribution is -0.137. The van der Waals surface area contributed by atoms with Gasteiger partial charge in [0.05, 0.1) is 5.75 Å². The number of aliphatic carboxylic acids is 1. The first-order valence-electron chi connectivity index (χ1n) is 5.71. The summed E-state index contributed by atoms with van der Waals surface area (Å²) in [7, 11) is 0. The van der Waals surface area contributed by atoms with Gasteiger partial charge < -0.3 is 15.4 Å². The molecule has 3 N–H and O–H groups in total. The largest absolute Gasteiger partial charge is 0.480 e. The van der Waals surface area contributed by atoms with Crippen LogP contribution in [-0.4, -0.2) is 33.0 Å². The van der Waals surface area contributed by atoms with E-state index in [0.29, 0.717) is 22.5 Å². The highest BCUT2D eigenvalue weighted by atomic mass is 35.5. The maximum atomic E-state index is 10.6. The standard InChI is InChI=1S/C12H12ClN3O3S/c13-8-3-1-7(2-4-8)11-15-10(19-16-11)6-20-5-9(14)12(17)18/h1-4,9H,5-6,14H2,(H,17,18)/t9-/m1/s1. The Morgan fingerprint density at radius 2 is 2.15 bits per heavy atom. The molecule has 1 heterocycles. The predicted molar refractivity (Wildman–Crippen MR) is 76.5 cm³/mol. The highest BCUT2D eigenvalue weighted by Gasteiger charge is 2.13. The van der Waals surface area contributed by atoms with Crippen molar-refractivity contribution in [2.45, 2.75) is 11.8 Å². The maximum absolute atomic E-state index is 10.6. The highest BCUT2D eigenvalue weighted by molar-refractivity contribution is 7.98. The summed E-state index contributed by atoms with van der Waals surface area (Å²) in [6.07, 6.45) is 0. The van der Waals surface area contributed by atoms with Gasteiger partial charge in [-0.15, -0.1) is 11.8 Å². The summed E-state index contributed by atoms with van der Waals surface area (Å²) in [5.74, 6) is 0.581. The third kappa shape index (κ3) is 3.96. The van der Waals surface area contributed by atoms with Crippen molar-refractivity contribution in [2.75, 3.05) is 5.75 Å². The lowest BCUT2D eigenvalue weighted by atomic mass is 10.2. The summed E-state index contributed by atoms with van der Waals surface area (Å²) in [6.45, 7) is 0. The lowest BCUT2D eigenvalue weighted by Crippen LogP contribution is -2.32. The van der Waals surface area contributed by atoms with Gasteiger partial charge in [0.25, 0.3) is 0 Å². The molecule has 8 heteroatoms. The fourth-order valence-electron chi connectivity index (χ4n) is 1.37. The van der Waals surface area contributed by atoms with Crippen LogP contribution in [0.25, 0.3) is 11.4 Å². The number of thioether (sulfide) groups is 1. The van der Waals surface area contributed by atoms with Gasteiger partial charge in [-0.25, -0.2) is 0 Å². The molecule has 0 radical (unpaired) electrons. The van der Waals surface area contributed by atoms with Crippen LogP contribution < -0.4 is 5.73 Å². The van der Waals surface area contributed by atoms with Crippen LogP contribution in [0.3, 0.4) is 0 Å². The molecule has 2 aromatic rings. The molecule has 1 atom stereocenters. The van der Waals surface area contributed by atoms with Crippen molar-refractivity contribution in [2.24, 2.45) is 5.73 Å². The van der Waals surface area contributed by atoms with Crippen LogP contribution in [0.15, 0.2) is 28.8 Å². The van der Waals surface area contributed by atoms with Gasteiger partial charge >= 0.3 is 5.97 Å². The van der Waals surface area contributed by atoms with E-state index in [1.807, 2.05) is 0 Å². The number of carboxylic acid groups (broad SMARTS) is 1. The number of carboxylic acids is 1. The molecule has 0 fully saturated rings. The number of hydrogen-bond acceptors (Lipinski definition) is 6. The molecule has 0 saturated carbocycles. The number of hydrogen-bond donors (Lipinski definition) is 2. The zero-order valence-corrected chi connectivity index (χ0v) is 11.9. The molecule has 0 saturated heterocycles. The summed E-state index contributed by atoms with van der Waals surface area (Å²) in [4.78, 5) is 14.8. The van der Waals surface area contributed by atoms with Gasteiger partial charge in [-0.3, -0.25) is 4.79 Å². The molecule has 0 amide bonds. The van der Waals surface area contributed by atoms with Crippen LogP contribution in [0.1, 0.15) is 5.89 Å². The molecular formula is C12H12ClN3O3S. The zero-order valence-electron chi connectivity index (χ0n) is 10.3. The Morgan fingerprint density at radius 3 is 2.80 bits per heavy atom. The molecule has 6 nitrogen and oxygen atoms in total. The van der Waals surface area contributed by atoms with Gasteiger partial charge in [0.2, 0.25) is 11.7 Å². The van der Waals surface area contributed by atoms with E-state index < -0.39 is 12.0 Å². The first-order chi connectivity index (χ1) is 9.56. The number of nitrogens with two attached hydrogens (primary N) is 1. The van der Waals surface area contributed by atoms with Crippen LogP contribution in [0.4, 0.5) is 0 Å². The monoisotopic (exact) mass is 313 g/mol. The number of rotatable bonds is 6. The average Bonchev–Trinajstić information content (AvgIpc) is 2.88. The van der Waals surface area contributed by atoms with E-state index in [-0.39, 0.29) is 5.75 Å². The third-order valence-electron chi connectivity index (χ3n) is 2.41. The van der Waals surface area contributed by atoms with Gasteiger partial charge in [0, 0.05) is 16.3 Å². The number of carbonyl (C=O) groups is 1. The first-order valence-corrected chi connectivity index (χ1v) is 7.24. The average molecular weight is 314 g/mol. The van der Waals surface area contributed by atoms with E-state index in [1.54, 1.807) is 24.3 Å². The molecular weight excluding hydrogens is 302 g/mol. The first kappa shape index (κ1) is 14.8. The smallest absolute Gasteiger partial charge is 0.321 e. The van der Waals surface area contributed by atoms with Gasteiger partial charge in [-0.05, 0) is 24.3 Å². The molecule has 0 bridgehead atoms. The SMILES string of the molecule is N[C@H](CSCc1nc(-c2ccc(Cl)cc2)no1)C(=O)O. The summed E-state index contributed by atoms with van der Waals surface area (Å²) in [5, 5.41) is 13.1. The van der Waals surface area contributed by atoms with Crippen LogP contribution >= 0.6 is 23.4 Å². The Morgan fingerprint density at radius 1 is 1.45 bits per heavy atom. The molecule has 20 heavy (non-hydrogen) atoms. The van der Waals surface area contributed by atoms with Gasteiger partial charge in [-0.1, -0.05) is 16.8 Å². The molecule has 106 valence electrons. The van der Waals surface area contributed by atoms with Crippen molar-refractivity contribution in [3.8, 4) is 11.4 Å². The van der Waals surface area contributed by atoms with Crippen molar-refractivity contribution in [1.82, 2.24) is 10.1 Å².